The van der Waals surface area contributed by atoms with Crippen molar-refractivity contribution in [2.45, 2.75) is 52.1 Å². The molecule has 1 amide bonds. The van der Waals surface area contributed by atoms with Gasteiger partial charge in [0.25, 0.3) is 5.89 Å². The number of nitrogens with one attached hydrogen (secondary N) is 1. The largest absolute Gasteiger partial charge is 0.419 e. The molecule has 0 unspecified atom stereocenters. The van der Waals surface area contributed by atoms with Gasteiger partial charge in [-0.25, -0.2) is 4.39 Å². The van der Waals surface area contributed by atoms with Crippen molar-refractivity contribution in [2.24, 2.45) is 0 Å². The number of nitrogens with zero attached hydrogens (tertiary/aromatic N) is 3. The van der Waals surface area contributed by atoms with Crippen LogP contribution in [0.15, 0.2) is 34.7 Å². The van der Waals surface area contributed by atoms with Crippen molar-refractivity contribution >= 4 is 22.9 Å². The van der Waals surface area contributed by atoms with Gasteiger partial charge < -0.3 is 9.73 Å². The predicted molar refractivity (Wildman–Crippen MR) is 115 cm³/mol. The van der Waals surface area contributed by atoms with Crippen LogP contribution in [0.2, 0.25) is 0 Å². The summed E-state index contributed by atoms with van der Waals surface area (Å²) in [5, 5.41) is 11.2. The fourth-order valence-corrected chi connectivity index (χ4v) is 4.70. The zero-order chi connectivity index (χ0) is 21.1. The van der Waals surface area contributed by atoms with Gasteiger partial charge in [0.15, 0.2) is 0 Å². The summed E-state index contributed by atoms with van der Waals surface area (Å²) in [6.45, 7) is 4.57. The van der Waals surface area contributed by atoms with Crippen LogP contribution in [0.25, 0.3) is 10.8 Å². The lowest BCUT2D eigenvalue weighted by atomic mass is 9.99. The highest BCUT2D eigenvalue weighted by molar-refractivity contribution is 7.15. The number of amides is 1. The smallest absolute Gasteiger partial charge is 0.257 e. The first kappa shape index (κ1) is 20.7. The summed E-state index contributed by atoms with van der Waals surface area (Å²) in [5.41, 5.74) is 1.97. The Morgan fingerprint density at radius 3 is 2.73 bits per heavy atom. The lowest BCUT2D eigenvalue weighted by Gasteiger charge is -2.24. The second-order valence-corrected chi connectivity index (χ2v) is 8.96. The summed E-state index contributed by atoms with van der Waals surface area (Å²) >= 11 is 1.74. The number of benzene rings is 1. The lowest BCUT2D eigenvalue weighted by Crippen LogP contribution is -2.37. The van der Waals surface area contributed by atoms with E-state index in [0.717, 1.165) is 17.7 Å². The van der Waals surface area contributed by atoms with Gasteiger partial charge in [0.2, 0.25) is 11.8 Å². The van der Waals surface area contributed by atoms with Crippen molar-refractivity contribution in [2.75, 3.05) is 11.9 Å². The number of hydrogen-bond acceptors (Lipinski definition) is 6. The summed E-state index contributed by atoms with van der Waals surface area (Å²) in [5.74, 6) is 0.514. The highest BCUT2D eigenvalue weighted by Gasteiger charge is 2.21. The van der Waals surface area contributed by atoms with Crippen molar-refractivity contribution in [3.05, 3.63) is 52.5 Å². The van der Waals surface area contributed by atoms with E-state index < -0.39 is 0 Å². The number of carbonyl (C=O) groups is 1. The van der Waals surface area contributed by atoms with Crippen LogP contribution in [0.3, 0.4) is 0 Å². The van der Waals surface area contributed by atoms with E-state index in [1.54, 1.807) is 11.3 Å². The summed E-state index contributed by atoms with van der Waals surface area (Å²) in [4.78, 5) is 16.8. The summed E-state index contributed by atoms with van der Waals surface area (Å²) < 4.78 is 18.9. The maximum atomic E-state index is 13.0. The van der Waals surface area contributed by atoms with E-state index in [4.69, 9.17) is 4.42 Å². The molecule has 1 aliphatic carbocycles. The molecule has 0 saturated carbocycles. The van der Waals surface area contributed by atoms with Gasteiger partial charge in [-0.2, -0.15) is 0 Å². The quantitative estimate of drug-likeness (QED) is 0.592. The van der Waals surface area contributed by atoms with E-state index >= 15 is 0 Å². The van der Waals surface area contributed by atoms with Gasteiger partial charge in [0.1, 0.15) is 5.82 Å². The molecule has 0 atom stereocenters. The zero-order valence-electron chi connectivity index (χ0n) is 17.2. The van der Waals surface area contributed by atoms with Crippen molar-refractivity contribution < 1.29 is 13.6 Å². The zero-order valence-corrected chi connectivity index (χ0v) is 18.0. The summed E-state index contributed by atoms with van der Waals surface area (Å²) in [6.07, 6.45) is 4.73. The Kier molecular flexibility index (Phi) is 6.24. The molecule has 0 saturated heterocycles. The summed E-state index contributed by atoms with van der Waals surface area (Å²) in [6, 6.07) is 7.99. The third-order valence-electron chi connectivity index (χ3n) is 5.22. The second kappa shape index (κ2) is 9.06. The van der Waals surface area contributed by atoms with Crippen LogP contribution in [0.4, 0.5) is 10.1 Å². The fraction of sp³-hybridized carbons (Fsp3) is 0.409. The average molecular weight is 429 g/mol. The average Bonchev–Trinajstić information content (AvgIpc) is 3.35. The molecule has 158 valence electrons. The highest BCUT2D eigenvalue weighted by Crippen LogP contribution is 2.35. The Hall–Kier alpha value is -2.58. The molecule has 0 bridgehead atoms. The first-order valence-corrected chi connectivity index (χ1v) is 11.0. The summed E-state index contributed by atoms with van der Waals surface area (Å²) in [7, 11) is 0. The Labute approximate surface area is 179 Å². The first-order valence-electron chi connectivity index (χ1n) is 10.2. The molecule has 8 heteroatoms. The van der Waals surface area contributed by atoms with Crippen LogP contribution in [0, 0.1) is 5.82 Å². The van der Waals surface area contributed by atoms with E-state index in [-0.39, 0.29) is 24.3 Å². The van der Waals surface area contributed by atoms with Crippen LogP contribution >= 0.6 is 11.3 Å². The minimum Gasteiger partial charge on any atom is -0.419 e. The molecule has 3 aromatic rings. The number of fused-ring (bicyclic) bond motifs is 1. The number of anilines is 1. The third kappa shape index (κ3) is 4.94. The van der Waals surface area contributed by atoms with E-state index in [2.05, 4.69) is 21.6 Å². The minimum atomic E-state index is -0.337. The molecular formula is C22H25FN4O2S. The number of halogens is 1. The standard InChI is InChI=1S/C22H25FN4O2S/c1-14(2)27(12-20(28)24-17-9-7-16(23)8-10-17)13-21-25-26-22(29-21)19-11-15-5-3-4-6-18(15)30-19/h7-11,14H,3-6,12-13H2,1-2H3,(H,24,28). The normalized spacial score (nSPS) is 13.6. The Morgan fingerprint density at radius 2 is 2.00 bits per heavy atom. The Bertz CT molecular complexity index is 989. The molecule has 2 heterocycles. The highest BCUT2D eigenvalue weighted by atomic mass is 32.1. The fourth-order valence-electron chi connectivity index (χ4n) is 3.53. The maximum Gasteiger partial charge on any atom is 0.257 e. The minimum absolute atomic E-state index is 0.105. The first-order chi connectivity index (χ1) is 14.5. The number of carbonyl (C=O) groups excluding carboxylic acids is 1. The van der Waals surface area contributed by atoms with Gasteiger partial charge in [-0.1, -0.05) is 0 Å². The van der Waals surface area contributed by atoms with Gasteiger partial charge in [-0.05, 0) is 75.4 Å². The lowest BCUT2D eigenvalue weighted by molar-refractivity contribution is -0.117. The second-order valence-electron chi connectivity index (χ2n) is 7.82. The molecule has 2 aromatic heterocycles. The molecular weight excluding hydrogens is 403 g/mol. The molecule has 0 spiro atoms. The van der Waals surface area contributed by atoms with Gasteiger partial charge in [0.05, 0.1) is 18.0 Å². The van der Waals surface area contributed by atoms with Crippen molar-refractivity contribution in [3.63, 3.8) is 0 Å². The number of rotatable bonds is 7. The Balaban J connectivity index is 1.40. The van der Waals surface area contributed by atoms with Crippen LogP contribution in [0.5, 0.6) is 0 Å². The van der Waals surface area contributed by atoms with Crippen molar-refractivity contribution in [1.82, 2.24) is 15.1 Å². The van der Waals surface area contributed by atoms with E-state index in [1.165, 1.54) is 47.5 Å². The number of aromatic nitrogens is 2. The molecule has 0 aliphatic heterocycles. The SMILES string of the molecule is CC(C)N(CC(=O)Nc1ccc(F)cc1)Cc1nnc(-c2cc3c(s2)CCCC3)o1. The van der Waals surface area contributed by atoms with E-state index in [1.807, 2.05) is 18.7 Å². The third-order valence-corrected chi connectivity index (χ3v) is 6.44. The van der Waals surface area contributed by atoms with Crippen LogP contribution in [-0.4, -0.2) is 33.6 Å². The maximum absolute atomic E-state index is 13.0. The number of thiophene rings is 1. The predicted octanol–water partition coefficient (Wildman–Crippen LogP) is 4.67. The van der Waals surface area contributed by atoms with Crippen LogP contribution in [0.1, 0.15) is 43.0 Å². The molecule has 4 rings (SSSR count). The monoisotopic (exact) mass is 428 g/mol. The molecule has 6 nitrogen and oxygen atoms in total. The Morgan fingerprint density at radius 1 is 1.23 bits per heavy atom. The van der Waals surface area contributed by atoms with Crippen molar-refractivity contribution in [3.8, 4) is 10.8 Å². The van der Waals surface area contributed by atoms with Crippen LogP contribution < -0.4 is 5.32 Å². The molecule has 1 aromatic carbocycles. The van der Waals surface area contributed by atoms with Crippen molar-refractivity contribution in [1.29, 1.82) is 0 Å². The van der Waals surface area contributed by atoms with Gasteiger partial charge in [-0.15, -0.1) is 21.5 Å². The van der Waals surface area contributed by atoms with E-state index in [0.29, 0.717) is 24.0 Å². The van der Waals surface area contributed by atoms with Crippen LogP contribution in [-0.2, 0) is 24.2 Å². The van der Waals surface area contributed by atoms with Gasteiger partial charge in [-0.3, -0.25) is 9.69 Å². The number of hydrogen-bond donors (Lipinski definition) is 1. The molecule has 1 N–H and O–H groups in total. The number of aryl methyl sites for hydroxylation is 2. The van der Waals surface area contributed by atoms with Gasteiger partial charge >= 0.3 is 0 Å². The van der Waals surface area contributed by atoms with E-state index in [9.17, 15) is 9.18 Å². The molecule has 0 radical (unpaired) electrons. The molecule has 1 aliphatic rings. The molecule has 30 heavy (non-hydrogen) atoms. The molecule has 0 fully saturated rings. The topological polar surface area (TPSA) is 71.3 Å². The van der Waals surface area contributed by atoms with Gasteiger partial charge in [0, 0.05) is 16.6 Å².